The lowest BCUT2D eigenvalue weighted by Gasteiger charge is -2.29. The number of esters is 1. The maximum absolute atomic E-state index is 11.5. The van der Waals surface area contributed by atoms with E-state index in [1.807, 2.05) is 0 Å². The Bertz CT molecular complexity index is 227. The van der Waals surface area contributed by atoms with Crippen molar-refractivity contribution in [3.8, 4) is 0 Å². The predicted octanol–water partition coefficient (Wildman–Crippen LogP) is 0.868. The van der Waals surface area contributed by atoms with Gasteiger partial charge in [-0.05, 0) is 39.7 Å². The third kappa shape index (κ3) is 4.10. The first-order valence-corrected chi connectivity index (χ1v) is 6.07. The van der Waals surface area contributed by atoms with Gasteiger partial charge in [-0.2, -0.15) is 0 Å². The summed E-state index contributed by atoms with van der Waals surface area (Å²) in [5.74, 6) is 0.668. The van der Waals surface area contributed by atoms with Crippen molar-refractivity contribution in [1.29, 1.82) is 0 Å². The Hall–Kier alpha value is -0.610. The summed E-state index contributed by atoms with van der Waals surface area (Å²) in [6.45, 7) is 6.18. The molecule has 0 heterocycles. The summed E-state index contributed by atoms with van der Waals surface area (Å²) < 4.78 is 4.78. The van der Waals surface area contributed by atoms with Crippen LogP contribution in [0.4, 0.5) is 0 Å². The summed E-state index contributed by atoms with van der Waals surface area (Å²) in [7, 11) is 3.24. The smallest absolute Gasteiger partial charge is 0.324 e. The van der Waals surface area contributed by atoms with Crippen molar-refractivity contribution in [1.82, 2.24) is 10.2 Å². The number of ether oxygens (including phenoxy) is 1. The lowest BCUT2D eigenvalue weighted by molar-refractivity contribution is -0.143. The molecule has 0 amide bonds. The van der Waals surface area contributed by atoms with Gasteiger partial charge in [0.25, 0.3) is 0 Å². The molecule has 0 aromatic rings. The van der Waals surface area contributed by atoms with Gasteiger partial charge in [0.2, 0.25) is 0 Å². The van der Waals surface area contributed by atoms with E-state index in [2.05, 4.69) is 24.1 Å². The van der Waals surface area contributed by atoms with Gasteiger partial charge in [-0.3, -0.25) is 9.69 Å². The number of likely N-dealkylation sites (N-methyl/N-ethyl adjacent to an activating group) is 1. The van der Waals surface area contributed by atoms with Gasteiger partial charge in [-0.1, -0.05) is 0 Å². The van der Waals surface area contributed by atoms with Crippen molar-refractivity contribution in [2.75, 3.05) is 27.2 Å². The molecule has 0 radical (unpaired) electrons. The fraction of sp³-hybridized carbons (Fsp3) is 0.917. The molecule has 0 aliphatic heterocycles. The van der Waals surface area contributed by atoms with Crippen molar-refractivity contribution in [2.45, 2.75) is 38.8 Å². The highest BCUT2D eigenvalue weighted by Gasteiger charge is 2.28. The lowest BCUT2D eigenvalue weighted by atomic mass is 10.2. The largest absolute Gasteiger partial charge is 0.468 e. The highest BCUT2D eigenvalue weighted by atomic mass is 16.5. The van der Waals surface area contributed by atoms with Crippen LogP contribution in [0, 0.1) is 5.92 Å². The first-order valence-electron chi connectivity index (χ1n) is 6.07. The average Bonchev–Trinajstić information content (AvgIpc) is 3.06. The third-order valence-corrected chi connectivity index (χ3v) is 3.17. The van der Waals surface area contributed by atoms with Gasteiger partial charge in [-0.25, -0.2) is 0 Å². The molecular weight excluding hydrogens is 204 g/mol. The fourth-order valence-corrected chi connectivity index (χ4v) is 1.79. The van der Waals surface area contributed by atoms with Crippen molar-refractivity contribution < 1.29 is 9.53 Å². The lowest BCUT2D eigenvalue weighted by Crippen LogP contribution is -2.48. The van der Waals surface area contributed by atoms with Crippen LogP contribution >= 0.6 is 0 Å². The molecule has 94 valence electrons. The third-order valence-electron chi connectivity index (χ3n) is 3.17. The van der Waals surface area contributed by atoms with E-state index in [1.165, 1.54) is 20.0 Å². The number of nitrogens with zero attached hydrogens (tertiary/aromatic N) is 1. The quantitative estimate of drug-likeness (QED) is 0.656. The molecule has 1 aliphatic carbocycles. The highest BCUT2D eigenvalue weighted by molar-refractivity contribution is 5.75. The summed E-state index contributed by atoms with van der Waals surface area (Å²) in [5, 5.41) is 3.02. The Labute approximate surface area is 98.3 Å². The minimum Gasteiger partial charge on any atom is -0.468 e. The van der Waals surface area contributed by atoms with E-state index in [0.717, 1.165) is 19.0 Å². The van der Waals surface area contributed by atoms with Gasteiger partial charge < -0.3 is 10.1 Å². The normalized spacial score (nSPS) is 17.9. The summed E-state index contributed by atoms with van der Waals surface area (Å²) in [4.78, 5) is 13.8. The van der Waals surface area contributed by atoms with E-state index in [1.54, 1.807) is 7.05 Å². The summed E-state index contributed by atoms with van der Waals surface area (Å²) in [5.41, 5.74) is 0. The second kappa shape index (κ2) is 6.21. The minimum atomic E-state index is -0.217. The predicted molar refractivity (Wildman–Crippen MR) is 64.3 cm³/mol. The molecule has 1 saturated carbocycles. The Morgan fingerprint density at radius 2 is 2.12 bits per heavy atom. The van der Waals surface area contributed by atoms with Gasteiger partial charge >= 0.3 is 5.97 Å². The molecule has 1 rings (SSSR count). The van der Waals surface area contributed by atoms with Crippen LogP contribution in [0.3, 0.4) is 0 Å². The van der Waals surface area contributed by atoms with Crippen LogP contribution in [0.25, 0.3) is 0 Å². The van der Waals surface area contributed by atoms with Crippen LogP contribution in [0.1, 0.15) is 26.7 Å². The molecule has 0 spiro atoms. The summed E-state index contributed by atoms with van der Waals surface area (Å²) in [6, 6.07) is 0.257. The van der Waals surface area contributed by atoms with Crippen LogP contribution in [0.5, 0.6) is 0 Å². The zero-order valence-electron chi connectivity index (χ0n) is 10.8. The molecule has 1 unspecified atom stereocenters. The number of hydrogen-bond donors (Lipinski definition) is 1. The SMILES string of the molecule is CNC(CN(CC1CC1)C(C)C)C(=O)OC. The molecule has 4 heteroatoms. The molecule has 0 aromatic heterocycles. The zero-order valence-corrected chi connectivity index (χ0v) is 10.8. The Kier molecular flexibility index (Phi) is 5.22. The standard InChI is InChI=1S/C12H24N2O2/c1-9(2)14(7-10-5-6-10)8-11(13-3)12(15)16-4/h9-11,13H,5-8H2,1-4H3. The topological polar surface area (TPSA) is 41.6 Å². The fourth-order valence-electron chi connectivity index (χ4n) is 1.79. The van der Waals surface area contributed by atoms with Crippen LogP contribution < -0.4 is 5.32 Å². The minimum absolute atomic E-state index is 0.177. The van der Waals surface area contributed by atoms with Crippen LogP contribution in [-0.4, -0.2) is 50.2 Å². The van der Waals surface area contributed by atoms with E-state index < -0.39 is 0 Å². The summed E-state index contributed by atoms with van der Waals surface area (Å²) >= 11 is 0. The second-order valence-electron chi connectivity index (χ2n) is 4.86. The maximum Gasteiger partial charge on any atom is 0.324 e. The van der Waals surface area contributed by atoms with Crippen molar-refractivity contribution in [3.05, 3.63) is 0 Å². The number of rotatable bonds is 7. The summed E-state index contributed by atoms with van der Waals surface area (Å²) in [6.07, 6.45) is 2.68. The van der Waals surface area contributed by atoms with E-state index >= 15 is 0 Å². The van der Waals surface area contributed by atoms with Crippen LogP contribution in [0.15, 0.2) is 0 Å². The molecule has 4 nitrogen and oxygen atoms in total. The Morgan fingerprint density at radius 1 is 1.50 bits per heavy atom. The molecule has 1 fully saturated rings. The molecule has 1 aliphatic rings. The van der Waals surface area contributed by atoms with Crippen molar-refractivity contribution in [2.24, 2.45) is 5.92 Å². The van der Waals surface area contributed by atoms with E-state index in [9.17, 15) is 4.79 Å². The first-order chi connectivity index (χ1) is 7.58. The molecule has 16 heavy (non-hydrogen) atoms. The number of carbonyl (C=O) groups excluding carboxylic acids is 1. The van der Waals surface area contributed by atoms with Gasteiger partial charge in [-0.15, -0.1) is 0 Å². The first kappa shape index (κ1) is 13.5. The number of hydrogen-bond acceptors (Lipinski definition) is 4. The average molecular weight is 228 g/mol. The molecule has 0 saturated heterocycles. The Balaban J connectivity index is 2.46. The number of methoxy groups -OCH3 is 1. The van der Waals surface area contributed by atoms with Crippen LogP contribution in [-0.2, 0) is 9.53 Å². The van der Waals surface area contributed by atoms with Crippen molar-refractivity contribution >= 4 is 5.97 Å². The van der Waals surface area contributed by atoms with Gasteiger partial charge in [0, 0.05) is 19.1 Å². The number of nitrogens with one attached hydrogen (secondary N) is 1. The monoisotopic (exact) mass is 228 g/mol. The van der Waals surface area contributed by atoms with Gasteiger partial charge in [0.05, 0.1) is 7.11 Å². The highest BCUT2D eigenvalue weighted by Crippen LogP contribution is 2.30. The molecule has 1 atom stereocenters. The van der Waals surface area contributed by atoms with E-state index in [4.69, 9.17) is 4.74 Å². The zero-order chi connectivity index (χ0) is 12.1. The second-order valence-corrected chi connectivity index (χ2v) is 4.86. The molecule has 0 bridgehead atoms. The molecule has 1 N–H and O–H groups in total. The van der Waals surface area contributed by atoms with Crippen LogP contribution in [0.2, 0.25) is 0 Å². The maximum atomic E-state index is 11.5. The molecule has 0 aromatic carbocycles. The number of carbonyl (C=O) groups is 1. The molecular formula is C12H24N2O2. The van der Waals surface area contributed by atoms with Gasteiger partial charge in [0.15, 0.2) is 0 Å². The Morgan fingerprint density at radius 3 is 2.50 bits per heavy atom. The van der Waals surface area contributed by atoms with Gasteiger partial charge in [0.1, 0.15) is 6.04 Å². The van der Waals surface area contributed by atoms with E-state index in [0.29, 0.717) is 6.04 Å². The van der Waals surface area contributed by atoms with E-state index in [-0.39, 0.29) is 12.0 Å². The van der Waals surface area contributed by atoms with Crippen molar-refractivity contribution in [3.63, 3.8) is 0 Å².